The van der Waals surface area contributed by atoms with E-state index in [1.165, 1.54) is 43.5 Å². The van der Waals surface area contributed by atoms with Gasteiger partial charge in [-0.15, -0.1) is 0 Å². The largest absolute Gasteiger partial charge is 0.504 e. The Morgan fingerprint density at radius 1 is 1.06 bits per heavy atom. The van der Waals surface area contributed by atoms with Gasteiger partial charge in [0.25, 0.3) is 5.91 Å². The Labute approximate surface area is 204 Å². The average molecular weight is 546 g/mol. The number of nitrogens with zero attached hydrogens (tertiary/aromatic N) is 1. The van der Waals surface area contributed by atoms with Crippen molar-refractivity contribution in [2.24, 2.45) is 0 Å². The molecule has 1 aliphatic heterocycles. The van der Waals surface area contributed by atoms with Gasteiger partial charge in [-0.2, -0.15) is 13.2 Å². The monoisotopic (exact) mass is 545 g/mol. The van der Waals surface area contributed by atoms with Crippen molar-refractivity contribution < 1.29 is 32.2 Å². The summed E-state index contributed by atoms with van der Waals surface area (Å²) >= 11 is 3.31. The number of halogens is 4. The van der Waals surface area contributed by atoms with Crippen molar-refractivity contribution in [3.63, 3.8) is 0 Å². The molecule has 10 heteroatoms. The van der Waals surface area contributed by atoms with Gasteiger partial charge >= 0.3 is 6.18 Å². The fourth-order valence-electron chi connectivity index (χ4n) is 4.22. The van der Waals surface area contributed by atoms with Crippen LogP contribution in [-0.2, 0) is 6.18 Å². The highest BCUT2D eigenvalue weighted by atomic mass is 79.9. The van der Waals surface area contributed by atoms with E-state index in [9.17, 15) is 27.9 Å². The number of hydrogen-bond acceptors (Lipinski definition) is 5. The SMILES string of the molecule is COc1cc(C2c3c(oc4ccc(Br)cc4c3=O)C(=O)N2c2cccc(C(F)(F)F)c2)ccc1O. The summed E-state index contributed by atoms with van der Waals surface area (Å²) in [6.45, 7) is 0. The van der Waals surface area contributed by atoms with Crippen LogP contribution in [0.15, 0.2) is 74.3 Å². The minimum Gasteiger partial charge on any atom is -0.504 e. The molecule has 4 aromatic rings. The van der Waals surface area contributed by atoms with E-state index in [1.807, 2.05) is 0 Å². The first-order valence-corrected chi connectivity index (χ1v) is 11.0. The number of carbonyl (C=O) groups excluding carboxylic acids is 1. The zero-order valence-corrected chi connectivity index (χ0v) is 19.5. The summed E-state index contributed by atoms with van der Waals surface area (Å²) in [6.07, 6.45) is -4.64. The number of benzene rings is 3. The zero-order chi connectivity index (χ0) is 25.1. The van der Waals surface area contributed by atoms with E-state index in [4.69, 9.17) is 9.15 Å². The van der Waals surface area contributed by atoms with Gasteiger partial charge in [-0.3, -0.25) is 14.5 Å². The molecule has 0 saturated heterocycles. The third-order valence-corrected chi connectivity index (χ3v) is 6.30. The molecule has 0 saturated carbocycles. The first-order valence-electron chi connectivity index (χ1n) is 10.2. The Kier molecular flexibility index (Phi) is 5.36. The molecule has 6 nitrogen and oxygen atoms in total. The third kappa shape index (κ3) is 3.74. The molecule has 35 heavy (non-hydrogen) atoms. The van der Waals surface area contributed by atoms with Crippen LogP contribution >= 0.6 is 15.9 Å². The van der Waals surface area contributed by atoms with E-state index in [-0.39, 0.29) is 39.5 Å². The highest BCUT2D eigenvalue weighted by molar-refractivity contribution is 9.10. The van der Waals surface area contributed by atoms with E-state index in [2.05, 4.69) is 15.9 Å². The lowest BCUT2D eigenvalue weighted by atomic mass is 9.97. The quantitative estimate of drug-likeness (QED) is 0.339. The molecule has 1 aliphatic rings. The van der Waals surface area contributed by atoms with Crippen LogP contribution in [0.1, 0.15) is 33.3 Å². The van der Waals surface area contributed by atoms with Crippen molar-refractivity contribution in [2.75, 3.05) is 12.0 Å². The van der Waals surface area contributed by atoms with Gasteiger partial charge in [0.1, 0.15) is 5.58 Å². The van der Waals surface area contributed by atoms with Crippen molar-refractivity contribution >= 4 is 38.5 Å². The van der Waals surface area contributed by atoms with E-state index in [0.29, 0.717) is 10.0 Å². The number of carbonyl (C=O) groups is 1. The molecule has 0 radical (unpaired) electrons. The number of anilines is 1. The molecule has 1 N–H and O–H groups in total. The van der Waals surface area contributed by atoms with Gasteiger partial charge < -0.3 is 14.3 Å². The summed E-state index contributed by atoms with van der Waals surface area (Å²) in [6, 6.07) is 12.1. The van der Waals surface area contributed by atoms with Crippen LogP contribution in [-0.4, -0.2) is 18.1 Å². The van der Waals surface area contributed by atoms with Gasteiger partial charge in [0.15, 0.2) is 16.9 Å². The van der Waals surface area contributed by atoms with Crippen molar-refractivity contribution in [1.82, 2.24) is 0 Å². The summed E-state index contributed by atoms with van der Waals surface area (Å²) < 4.78 is 51.9. The molecule has 1 atom stereocenters. The van der Waals surface area contributed by atoms with Crippen LogP contribution in [0.25, 0.3) is 11.0 Å². The topological polar surface area (TPSA) is 80.0 Å². The van der Waals surface area contributed by atoms with Crippen LogP contribution in [0.2, 0.25) is 0 Å². The number of fused-ring (bicyclic) bond motifs is 2. The highest BCUT2D eigenvalue weighted by Crippen LogP contribution is 2.44. The molecular formula is C25H15BrF3NO5. The zero-order valence-electron chi connectivity index (χ0n) is 17.9. The fraction of sp³-hybridized carbons (Fsp3) is 0.120. The Hall–Kier alpha value is -3.79. The van der Waals surface area contributed by atoms with E-state index in [0.717, 1.165) is 17.0 Å². The maximum absolute atomic E-state index is 13.6. The fourth-order valence-corrected chi connectivity index (χ4v) is 4.58. The second kappa shape index (κ2) is 8.16. The Morgan fingerprint density at radius 2 is 1.83 bits per heavy atom. The molecule has 0 bridgehead atoms. The molecule has 1 amide bonds. The lowest BCUT2D eigenvalue weighted by Crippen LogP contribution is -2.29. The molecule has 0 spiro atoms. The first kappa shape index (κ1) is 23.0. The van der Waals surface area contributed by atoms with Gasteiger partial charge in [-0.1, -0.05) is 28.1 Å². The van der Waals surface area contributed by atoms with E-state index < -0.39 is 29.1 Å². The van der Waals surface area contributed by atoms with Crippen LogP contribution in [0.5, 0.6) is 11.5 Å². The van der Waals surface area contributed by atoms with E-state index in [1.54, 1.807) is 12.1 Å². The summed E-state index contributed by atoms with van der Waals surface area (Å²) in [5.74, 6) is -1.14. The van der Waals surface area contributed by atoms with Crippen LogP contribution < -0.4 is 15.1 Å². The lowest BCUT2D eigenvalue weighted by Gasteiger charge is -2.26. The summed E-state index contributed by atoms with van der Waals surface area (Å²) in [4.78, 5) is 28.2. The lowest BCUT2D eigenvalue weighted by molar-refractivity contribution is -0.137. The Bertz CT molecular complexity index is 1560. The maximum atomic E-state index is 13.6. The Morgan fingerprint density at radius 3 is 2.54 bits per heavy atom. The van der Waals surface area contributed by atoms with Crippen LogP contribution in [0.3, 0.4) is 0 Å². The standard InChI is InChI=1S/C25H15BrF3NO5/c1-34-19-9-12(5-7-17(19)31)21-20-22(32)16-11-14(26)6-8-18(16)35-23(20)24(33)30(21)15-4-2-3-13(10-15)25(27,28)29/h2-11,21,31H,1H3. The van der Waals surface area contributed by atoms with Crippen molar-refractivity contribution in [2.45, 2.75) is 12.2 Å². The molecule has 3 aromatic carbocycles. The van der Waals surface area contributed by atoms with Crippen LogP contribution in [0.4, 0.5) is 18.9 Å². The number of methoxy groups -OCH3 is 1. The summed E-state index contributed by atoms with van der Waals surface area (Å²) in [5, 5.41) is 10.2. The number of phenolic OH excluding ortho intramolecular Hbond substituents is 1. The van der Waals surface area contributed by atoms with Crippen molar-refractivity contribution in [3.05, 3.63) is 97.8 Å². The molecule has 5 rings (SSSR count). The molecule has 1 aromatic heterocycles. The third-order valence-electron chi connectivity index (χ3n) is 5.80. The molecule has 0 fully saturated rings. The van der Waals surface area contributed by atoms with Gasteiger partial charge in [-0.05, 0) is 54.1 Å². The van der Waals surface area contributed by atoms with Crippen molar-refractivity contribution in [3.8, 4) is 11.5 Å². The number of ether oxygens (including phenoxy) is 1. The molecule has 1 unspecified atom stereocenters. The van der Waals surface area contributed by atoms with Gasteiger partial charge in [-0.25, -0.2) is 0 Å². The van der Waals surface area contributed by atoms with Crippen LogP contribution in [0, 0.1) is 0 Å². The summed E-state index contributed by atoms with van der Waals surface area (Å²) in [7, 11) is 1.33. The molecule has 2 heterocycles. The average Bonchev–Trinajstić information content (AvgIpc) is 3.12. The first-order chi connectivity index (χ1) is 16.6. The number of aromatic hydroxyl groups is 1. The molecular weight excluding hydrogens is 531 g/mol. The van der Waals surface area contributed by atoms with Gasteiger partial charge in [0.2, 0.25) is 5.76 Å². The van der Waals surface area contributed by atoms with Crippen molar-refractivity contribution in [1.29, 1.82) is 0 Å². The number of rotatable bonds is 3. The molecule has 0 aliphatic carbocycles. The highest BCUT2D eigenvalue weighted by Gasteiger charge is 2.44. The van der Waals surface area contributed by atoms with E-state index >= 15 is 0 Å². The second-order valence-electron chi connectivity index (χ2n) is 7.87. The maximum Gasteiger partial charge on any atom is 0.416 e. The van der Waals surface area contributed by atoms with Gasteiger partial charge in [0, 0.05) is 10.2 Å². The normalized spacial score (nSPS) is 15.5. The van der Waals surface area contributed by atoms with Gasteiger partial charge in [0.05, 0.1) is 29.7 Å². The number of alkyl halides is 3. The number of amides is 1. The smallest absolute Gasteiger partial charge is 0.416 e. The number of hydrogen-bond donors (Lipinski definition) is 1. The predicted octanol–water partition coefficient (Wildman–Crippen LogP) is 6.04. The minimum absolute atomic E-state index is 0.0224. The Balaban J connectivity index is 1.81. The minimum atomic E-state index is -4.64. The second-order valence-corrected chi connectivity index (χ2v) is 8.79. The molecule has 178 valence electrons. The summed E-state index contributed by atoms with van der Waals surface area (Å²) in [5.41, 5.74) is -1.04. The predicted molar refractivity (Wildman–Crippen MR) is 125 cm³/mol. The number of phenols is 1.